The number of likely N-dealkylation sites (tertiary alicyclic amines) is 1. The number of fused-ring (bicyclic) bond motifs is 2. The minimum atomic E-state index is -0.686. The maximum atomic E-state index is 14.6. The van der Waals surface area contributed by atoms with Gasteiger partial charge in [-0.2, -0.15) is 0 Å². The molecule has 1 unspecified atom stereocenters. The van der Waals surface area contributed by atoms with Crippen LogP contribution in [0.1, 0.15) is 28.8 Å². The first-order valence-electron chi connectivity index (χ1n) is 11.8. The van der Waals surface area contributed by atoms with Crippen LogP contribution in [0, 0.1) is 5.82 Å². The zero-order valence-corrected chi connectivity index (χ0v) is 19.9. The lowest BCUT2D eigenvalue weighted by molar-refractivity contribution is -0.117. The van der Waals surface area contributed by atoms with Crippen LogP contribution in [-0.4, -0.2) is 55.5 Å². The summed E-state index contributed by atoms with van der Waals surface area (Å²) in [5.74, 6) is -1.32. The number of ketones is 1. The Kier molecular flexibility index (Phi) is 6.88. The molecule has 0 saturated carbocycles. The molecule has 6 nitrogen and oxygen atoms in total. The average Bonchev–Trinajstić information content (AvgIpc) is 3.36. The van der Waals surface area contributed by atoms with E-state index in [1.54, 1.807) is 36.4 Å². The van der Waals surface area contributed by atoms with Crippen LogP contribution in [0.25, 0.3) is 10.8 Å². The summed E-state index contributed by atoms with van der Waals surface area (Å²) in [4.78, 5) is 28.2. The van der Waals surface area contributed by atoms with Gasteiger partial charge in [0.2, 0.25) is 5.78 Å². The Morgan fingerprint density at radius 2 is 1.77 bits per heavy atom. The van der Waals surface area contributed by atoms with Crippen LogP contribution in [0.5, 0.6) is 11.5 Å². The maximum Gasteiger partial charge on any atom is 0.292 e. The lowest BCUT2D eigenvalue weighted by atomic mass is 10.0. The number of benzene rings is 3. The van der Waals surface area contributed by atoms with Gasteiger partial charge in [-0.15, -0.1) is 0 Å². The summed E-state index contributed by atoms with van der Waals surface area (Å²) in [7, 11) is 0. The van der Waals surface area contributed by atoms with Gasteiger partial charge in [-0.3, -0.25) is 9.59 Å². The smallest absolute Gasteiger partial charge is 0.292 e. The summed E-state index contributed by atoms with van der Waals surface area (Å²) < 4.78 is 25.5. The van der Waals surface area contributed by atoms with Crippen molar-refractivity contribution in [2.75, 3.05) is 32.8 Å². The summed E-state index contributed by atoms with van der Waals surface area (Å²) in [6.45, 7) is 3.10. The van der Waals surface area contributed by atoms with Crippen molar-refractivity contribution in [2.24, 2.45) is 0 Å². The number of ether oxygens (including phenoxy) is 2. The third-order valence-corrected chi connectivity index (χ3v) is 6.66. The Morgan fingerprint density at radius 1 is 1.00 bits per heavy atom. The molecule has 1 N–H and O–H groups in total. The summed E-state index contributed by atoms with van der Waals surface area (Å²) in [5.41, 5.74) is 0.964. The largest absolute Gasteiger partial charge is 0.486 e. The first kappa shape index (κ1) is 23.6. The highest BCUT2D eigenvalue weighted by Gasteiger charge is 2.25. The van der Waals surface area contributed by atoms with Crippen LogP contribution >= 0.6 is 11.6 Å². The summed E-state index contributed by atoms with van der Waals surface area (Å²) in [6, 6.07) is 13.3. The van der Waals surface area contributed by atoms with Gasteiger partial charge in [0.15, 0.2) is 17.3 Å². The van der Waals surface area contributed by atoms with Crippen LogP contribution in [0.3, 0.4) is 0 Å². The molecule has 0 bridgehead atoms. The second kappa shape index (κ2) is 10.2. The quantitative estimate of drug-likeness (QED) is 0.387. The van der Waals surface area contributed by atoms with Crippen molar-refractivity contribution in [3.8, 4) is 11.5 Å². The van der Waals surface area contributed by atoms with E-state index >= 15 is 0 Å². The van der Waals surface area contributed by atoms with Gasteiger partial charge < -0.3 is 19.7 Å². The Balaban J connectivity index is 1.35. The monoisotopic (exact) mass is 496 g/mol. The number of halogens is 2. The second-order valence-electron chi connectivity index (χ2n) is 9.02. The standard InChI is InChI=1S/C27H26ClFN2O4/c28-21-6-5-18-3-4-19(14-20(18)15-21)25(32)27(33)30-22(16-31-7-1-2-8-31)11-17-12-23(29)26-24(13-17)34-9-10-35-26/h3-6,12-15,22H,1-2,7-11,16H2,(H,30,33). The SMILES string of the molecule is O=C(NC(Cc1cc(F)c2c(c1)OCCO2)CN1CCCC1)C(=O)c1ccc2ccc(Cl)cc2c1. The molecular formula is C27H26ClFN2O4. The van der Waals surface area contributed by atoms with Crippen LogP contribution in [0.15, 0.2) is 48.5 Å². The predicted molar refractivity (Wildman–Crippen MR) is 132 cm³/mol. The molecule has 1 amide bonds. The maximum absolute atomic E-state index is 14.6. The van der Waals surface area contributed by atoms with Crippen molar-refractivity contribution >= 4 is 34.1 Å². The summed E-state index contributed by atoms with van der Waals surface area (Å²) >= 11 is 6.08. The fraction of sp³-hybridized carbons (Fsp3) is 0.333. The molecule has 1 fully saturated rings. The van der Waals surface area contributed by atoms with E-state index < -0.39 is 17.5 Å². The van der Waals surface area contributed by atoms with Gasteiger partial charge in [0, 0.05) is 23.2 Å². The van der Waals surface area contributed by atoms with Gasteiger partial charge in [0.05, 0.1) is 0 Å². The molecule has 3 aromatic carbocycles. The van der Waals surface area contributed by atoms with Crippen LogP contribution in [0.4, 0.5) is 4.39 Å². The van der Waals surface area contributed by atoms with Gasteiger partial charge in [0.25, 0.3) is 5.91 Å². The highest BCUT2D eigenvalue weighted by Crippen LogP contribution is 2.34. The number of hydrogen-bond acceptors (Lipinski definition) is 5. The van der Waals surface area contributed by atoms with Gasteiger partial charge in [-0.05, 0) is 79.0 Å². The normalized spacial score (nSPS) is 16.3. The van der Waals surface area contributed by atoms with E-state index in [1.807, 2.05) is 6.07 Å². The van der Waals surface area contributed by atoms with E-state index in [4.69, 9.17) is 21.1 Å². The van der Waals surface area contributed by atoms with Crippen molar-refractivity contribution in [3.63, 3.8) is 0 Å². The number of nitrogens with zero attached hydrogens (tertiary/aromatic N) is 1. The Hall–Kier alpha value is -3.16. The molecule has 3 aromatic rings. The molecule has 0 aliphatic carbocycles. The fourth-order valence-corrected chi connectivity index (χ4v) is 4.93. The number of carbonyl (C=O) groups excluding carboxylic acids is 2. The van der Waals surface area contributed by atoms with Crippen LogP contribution in [-0.2, 0) is 11.2 Å². The van der Waals surface area contributed by atoms with E-state index in [1.165, 1.54) is 6.07 Å². The topological polar surface area (TPSA) is 67.9 Å². The molecule has 35 heavy (non-hydrogen) atoms. The second-order valence-corrected chi connectivity index (χ2v) is 9.46. The van der Waals surface area contributed by atoms with E-state index in [9.17, 15) is 14.0 Å². The zero-order valence-electron chi connectivity index (χ0n) is 19.2. The van der Waals surface area contributed by atoms with Crippen LogP contribution < -0.4 is 14.8 Å². The predicted octanol–water partition coefficient (Wildman–Crippen LogP) is 4.41. The Labute approximate surface area is 208 Å². The minimum Gasteiger partial charge on any atom is -0.486 e. The molecule has 182 valence electrons. The van der Waals surface area contributed by atoms with Crippen molar-refractivity contribution in [3.05, 3.63) is 70.5 Å². The molecule has 1 atom stereocenters. The van der Waals surface area contributed by atoms with Crippen molar-refractivity contribution < 1.29 is 23.5 Å². The molecule has 0 aromatic heterocycles. The van der Waals surface area contributed by atoms with Gasteiger partial charge in [-0.25, -0.2) is 4.39 Å². The minimum absolute atomic E-state index is 0.117. The van der Waals surface area contributed by atoms with E-state index in [-0.39, 0.29) is 11.8 Å². The lowest BCUT2D eigenvalue weighted by Crippen LogP contribution is -2.46. The molecular weight excluding hydrogens is 471 g/mol. The summed E-state index contributed by atoms with van der Waals surface area (Å²) in [6.07, 6.45) is 2.55. The first-order chi connectivity index (χ1) is 17.0. The van der Waals surface area contributed by atoms with E-state index in [0.717, 1.165) is 36.7 Å². The van der Waals surface area contributed by atoms with E-state index in [2.05, 4.69) is 10.2 Å². The number of Topliss-reactive ketones (excluding diaryl/α,β-unsaturated/α-hetero) is 1. The number of hydrogen-bond donors (Lipinski definition) is 1. The molecule has 5 rings (SSSR count). The molecule has 2 aliphatic heterocycles. The fourth-order valence-electron chi connectivity index (χ4n) is 4.75. The number of amides is 1. The number of nitrogens with one attached hydrogen (secondary N) is 1. The molecule has 2 aliphatic rings. The first-order valence-corrected chi connectivity index (χ1v) is 12.2. The summed E-state index contributed by atoms with van der Waals surface area (Å²) in [5, 5.41) is 5.18. The van der Waals surface area contributed by atoms with Gasteiger partial charge in [0.1, 0.15) is 13.2 Å². The highest BCUT2D eigenvalue weighted by atomic mass is 35.5. The van der Waals surface area contributed by atoms with Gasteiger partial charge >= 0.3 is 0 Å². The third kappa shape index (κ3) is 5.41. The third-order valence-electron chi connectivity index (χ3n) is 6.42. The Morgan fingerprint density at radius 3 is 2.60 bits per heavy atom. The highest BCUT2D eigenvalue weighted by molar-refractivity contribution is 6.43. The Bertz CT molecular complexity index is 1280. The molecule has 0 spiro atoms. The van der Waals surface area contributed by atoms with Crippen molar-refractivity contribution in [2.45, 2.75) is 25.3 Å². The molecule has 1 saturated heterocycles. The molecule has 0 radical (unpaired) electrons. The molecule has 8 heteroatoms. The number of rotatable bonds is 7. The van der Waals surface area contributed by atoms with Crippen LogP contribution in [0.2, 0.25) is 5.02 Å². The van der Waals surface area contributed by atoms with E-state index in [0.29, 0.717) is 48.1 Å². The average molecular weight is 497 g/mol. The lowest BCUT2D eigenvalue weighted by Gasteiger charge is -2.25. The van der Waals surface area contributed by atoms with Crippen molar-refractivity contribution in [1.82, 2.24) is 10.2 Å². The van der Waals surface area contributed by atoms with Gasteiger partial charge in [-0.1, -0.05) is 29.8 Å². The van der Waals surface area contributed by atoms with Crippen molar-refractivity contribution in [1.29, 1.82) is 0 Å². The molecule has 2 heterocycles. The number of carbonyl (C=O) groups is 2. The zero-order chi connectivity index (χ0) is 24.4.